The topological polar surface area (TPSA) is 45.5 Å². The largest absolute Gasteiger partial charge is 0.351 e. The van der Waals surface area contributed by atoms with Crippen LogP contribution in [0.5, 0.6) is 0 Å². The minimum atomic E-state index is 0. The monoisotopic (exact) mass is 461 g/mol. The number of halogens is 1. The van der Waals surface area contributed by atoms with Crippen LogP contribution in [0, 0.1) is 6.92 Å². The van der Waals surface area contributed by atoms with Crippen molar-refractivity contribution < 1.29 is 0 Å². The summed E-state index contributed by atoms with van der Waals surface area (Å²) in [4.78, 5) is 7.90. The Bertz CT molecular complexity index is 674. The molecule has 2 aromatic rings. The van der Waals surface area contributed by atoms with E-state index in [9.17, 15) is 0 Å². The lowest BCUT2D eigenvalue weighted by Gasteiger charge is -2.22. The fourth-order valence-corrected chi connectivity index (χ4v) is 3.47. The summed E-state index contributed by atoms with van der Waals surface area (Å²) in [7, 11) is 5.86. The first-order valence-electron chi connectivity index (χ1n) is 7.89. The molecule has 0 aromatic carbocycles. The number of hydrogen-bond donors (Lipinski definition) is 1. The van der Waals surface area contributed by atoms with E-state index < -0.39 is 0 Å². The quantitative estimate of drug-likeness (QED) is 0.419. The van der Waals surface area contributed by atoms with E-state index in [4.69, 9.17) is 0 Å². The van der Waals surface area contributed by atoms with Crippen molar-refractivity contribution in [2.45, 2.75) is 39.8 Å². The first-order valence-corrected chi connectivity index (χ1v) is 8.77. The van der Waals surface area contributed by atoms with Gasteiger partial charge in [0.25, 0.3) is 0 Å². The van der Waals surface area contributed by atoms with Crippen LogP contribution in [0.25, 0.3) is 0 Å². The van der Waals surface area contributed by atoms with Gasteiger partial charge >= 0.3 is 0 Å². The first-order chi connectivity index (χ1) is 10.9. The summed E-state index contributed by atoms with van der Waals surface area (Å²) in [5, 5.41) is 10.2. The van der Waals surface area contributed by atoms with Gasteiger partial charge in [0.05, 0.1) is 12.2 Å². The SMILES string of the molecule is CN=C(NCc1sccc1C)N(C)Cc1cn(C)nc1C(C)C.I. The molecule has 2 aromatic heterocycles. The zero-order valence-corrected chi connectivity index (χ0v) is 18.5. The number of hydrogen-bond acceptors (Lipinski definition) is 3. The van der Waals surface area contributed by atoms with E-state index in [1.807, 2.05) is 18.8 Å². The van der Waals surface area contributed by atoms with Crippen LogP contribution in [0.15, 0.2) is 22.6 Å². The number of aryl methyl sites for hydroxylation is 2. The second-order valence-electron chi connectivity index (χ2n) is 6.15. The van der Waals surface area contributed by atoms with Crippen LogP contribution in [0.2, 0.25) is 0 Å². The van der Waals surface area contributed by atoms with Gasteiger partial charge in [-0.25, -0.2) is 0 Å². The van der Waals surface area contributed by atoms with Gasteiger partial charge in [-0.15, -0.1) is 35.3 Å². The molecule has 5 nitrogen and oxygen atoms in total. The number of aromatic nitrogens is 2. The van der Waals surface area contributed by atoms with Crippen molar-refractivity contribution in [3.05, 3.63) is 39.3 Å². The molecule has 0 unspecified atom stereocenters. The summed E-state index contributed by atoms with van der Waals surface area (Å²) in [6.45, 7) is 8.11. The van der Waals surface area contributed by atoms with E-state index >= 15 is 0 Å². The summed E-state index contributed by atoms with van der Waals surface area (Å²) in [6.07, 6.45) is 2.10. The molecule has 0 aliphatic heterocycles. The Morgan fingerprint density at radius 1 is 1.46 bits per heavy atom. The van der Waals surface area contributed by atoms with Crippen molar-refractivity contribution in [1.29, 1.82) is 0 Å². The maximum Gasteiger partial charge on any atom is 0.193 e. The minimum absolute atomic E-state index is 0. The van der Waals surface area contributed by atoms with Gasteiger partial charge in [-0.05, 0) is 29.9 Å². The van der Waals surface area contributed by atoms with Crippen molar-refractivity contribution >= 4 is 41.3 Å². The van der Waals surface area contributed by atoms with Crippen LogP contribution in [0.4, 0.5) is 0 Å². The molecule has 0 amide bonds. The molecule has 0 bridgehead atoms. The van der Waals surface area contributed by atoms with Crippen LogP contribution in [0.1, 0.15) is 41.5 Å². The van der Waals surface area contributed by atoms with Gasteiger partial charge < -0.3 is 10.2 Å². The number of aliphatic imine (C=N–C) groups is 1. The number of nitrogens with one attached hydrogen (secondary N) is 1. The second-order valence-corrected chi connectivity index (χ2v) is 7.15. The zero-order chi connectivity index (χ0) is 17.0. The smallest absolute Gasteiger partial charge is 0.193 e. The van der Waals surface area contributed by atoms with Gasteiger partial charge in [-0.2, -0.15) is 5.10 Å². The molecule has 1 N–H and O–H groups in total. The zero-order valence-electron chi connectivity index (χ0n) is 15.3. The molecule has 0 atom stereocenters. The van der Waals surface area contributed by atoms with E-state index in [0.29, 0.717) is 5.92 Å². The Hall–Kier alpha value is -1.09. The number of guanidine groups is 1. The van der Waals surface area contributed by atoms with Crippen molar-refractivity contribution in [2.24, 2.45) is 12.0 Å². The van der Waals surface area contributed by atoms with Gasteiger partial charge in [0.1, 0.15) is 0 Å². The summed E-state index contributed by atoms with van der Waals surface area (Å²) < 4.78 is 1.89. The highest BCUT2D eigenvalue weighted by Crippen LogP contribution is 2.19. The fraction of sp³-hybridized carbons (Fsp3) is 0.529. The average molecular weight is 461 g/mol. The lowest BCUT2D eigenvalue weighted by atomic mass is 10.1. The third-order valence-electron chi connectivity index (χ3n) is 3.84. The van der Waals surface area contributed by atoms with Gasteiger partial charge in [0, 0.05) is 44.3 Å². The Labute approximate surface area is 166 Å². The van der Waals surface area contributed by atoms with Crippen LogP contribution in [0.3, 0.4) is 0 Å². The third-order valence-corrected chi connectivity index (χ3v) is 4.86. The molecular weight excluding hydrogens is 433 g/mol. The highest BCUT2D eigenvalue weighted by molar-refractivity contribution is 14.0. The maximum atomic E-state index is 4.58. The molecule has 0 aliphatic carbocycles. The molecule has 0 saturated heterocycles. The van der Waals surface area contributed by atoms with Crippen molar-refractivity contribution in [1.82, 2.24) is 20.0 Å². The lowest BCUT2D eigenvalue weighted by Crippen LogP contribution is -2.38. The second kappa shape index (κ2) is 9.41. The van der Waals surface area contributed by atoms with E-state index in [1.54, 1.807) is 11.3 Å². The molecule has 2 rings (SSSR count). The molecule has 134 valence electrons. The molecule has 2 heterocycles. The van der Waals surface area contributed by atoms with Crippen molar-refractivity contribution in [2.75, 3.05) is 14.1 Å². The van der Waals surface area contributed by atoms with Crippen molar-refractivity contribution in [3.63, 3.8) is 0 Å². The average Bonchev–Trinajstić information content (AvgIpc) is 3.06. The highest BCUT2D eigenvalue weighted by Gasteiger charge is 2.15. The Kier molecular flexibility index (Phi) is 8.21. The molecule has 0 spiro atoms. The van der Waals surface area contributed by atoms with E-state index in [2.05, 4.69) is 65.8 Å². The van der Waals surface area contributed by atoms with E-state index in [0.717, 1.165) is 24.7 Å². The molecule has 24 heavy (non-hydrogen) atoms. The summed E-state index contributed by atoms with van der Waals surface area (Å²) in [6, 6.07) is 2.15. The first kappa shape index (κ1) is 21.0. The highest BCUT2D eigenvalue weighted by atomic mass is 127. The molecule has 0 radical (unpaired) electrons. The van der Waals surface area contributed by atoms with Gasteiger partial charge in [-0.1, -0.05) is 13.8 Å². The molecule has 0 aliphatic rings. The molecule has 0 fully saturated rings. The summed E-state index contributed by atoms with van der Waals surface area (Å²) in [5.41, 5.74) is 3.74. The summed E-state index contributed by atoms with van der Waals surface area (Å²) in [5.74, 6) is 1.32. The molecular formula is C17H28IN5S. The van der Waals surface area contributed by atoms with Crippen LogP contribution >= 0.6 is 35.3 Å². The standard InChI is InChI=1S/C17H27N5S.HI/c1-12(2)16-14(11-22(6)20-16)10-21(5)17(18-4)19-9-15-13(3)7-8-23-15;/h7-8,11-12H,9-10H2,1-6H3,(H,18,19);1H. The Morgan fingerprint density at radius 2 is 2.17 bits per heavy atom. The maximum absolute atomic E-state index is 4.58. The molecule has 0 saturated carbocycles. The van der Waals surface area contributed by atoms with Crippen molar-refractivity contribution in [3.8, 4) is 0 Å². The van der Waals surface area contributed by atoms with Gasteiger partial charge in [0.15, 0.2) is 5.96 Å². The predicted octanol–water partition coefficient (Wildman–Crippen LogP) is 3.74. The lowest BCUT2D eigenvalue weighted by molar-refractivity contribution is 0.473. The Balaban J connectivity index is 0.00000288. The fourth-order valence-electron chi connectivity index (χ4n) is 2.62. The number of thiophene rings is 1. The van der Waals surface area contributed by atoms with E-state index in [-0.39, 0.29) is 24.0 Å². The minimum Gasteiger partial charge on any atom is -0.351 e. The number of nitrogens with zero attached hydrogens (tertiary/aromatic N) is 4. The van der Waals surface area contributed by atoms with Crippen LogP contribution in [-0.2, 0) is 20.1 Å². The Morgan fingerprint density at radius 3 is 2.71 bits per heavy atom. The van der Waals surface area contributed by atoms with Gasteiger partial charge in [-0.3, -0.25) is 9.67 Å². The number of rotatable bonds is 5. The summed E-state index contributed by atoms with van der Waals surface area (Å²) >= 11 is 1.78. The van der Waals surface area contributed by atoms with Crippen LogP contribution in [-0.4, -0.2) is 34.7 Å². The van der Waals surface area contributed by atoms with Gasteiger partial charge in [0.2, 0.25) is 0 Å². The normalized spacial score (nSPS) is 11.5. The van der Waals surface area contributed by atoms with E-state index in [1.165, 1.54) is 16.0 Å². The predicted molar refractivity (Wildman–Crippen MR) is 113 cm³/mol. The molecule has 7 heteroatoms. The third kappa shape index (κ3) is 5.20. The van der Waals surface area contributed by atoms with Crippen LogP contribution < -0.4 is 5.32 Å².